The van der Waals surface area contributed by atoms with Gasteiger partial charge in [-0.1, -0.05) is 13.3 Å². The lowest BCUT2D eigenvalue weighted by Crippen LogP contribution is -2.44. The Morgan fingerprint density at radius 3 is 3.17 bits per heavy atom. The highest BCUT2D eigenvalue weighted by molar-refractivity contribution is 9.10. The van der Waals surface area contributed by atoms with Crippen LogP contribution in [0, 0.1) is 5.92 Å². The van der Waals surface area contributed by atoms with Crippen molar-refractivity contribution in [2.75, 3.05) is 25.0 Å². The topological polar surface area (TPSA) is 41.9 Å². The van der Waals surface area contributed by atoms with E-state index in [2.05, 4.69) is 38.2 Å². The van der Waals surface area contributed by atoms with Gasteiger partial charge in [-0.3, -0.25) is 0 Å². The monoisotopic (exact) mass is 312 g/mol. The number of hydrogen-bond donors (Lipinski definition) is 2. The summed E-state index contributed by atoms with van der Waals surface area (Å²) in [5.74, 6) is 1.88. The average Bonchev–Trinajstić information content (AvgIpc) is 2.74. The zero-order valence-corrected chi connectivity index (χ0v) is 12.5. The lowest BCUT2D eigenvalue weighted by molar-refractivity contribution is 0.236. The molecule has 0 bridgehead atoms. The first-order valence-corrected chi connectivity index (χ1v) is 7.82. The summed E-state index contributed by atoms with van der Waals surface area (Å²) in [4.78, 5) is 0. The predicted octanol–water partition coefficient (Wildman–Crippen LogP) is 2.56. The van der Waals surface area contributed by atoms with Gasteiger partial charge >= 0.3 is 0 Å². The highest BCUT2D eigenvalue weighted by Crippen LogP contribution is 2.38. The largest absolute Gasteiger partial charge is 0.369 e. The standard InChI is InChI=1S/C13H21BrN4/c1-2-3-4-10-12(14)13-16-8-9-7-15-6-5-11(9)18(13)17-10/h9,11,15-16H,2-8H2,1H3. The van der Waals surface area contributed by atoms with Crippen molar-refractivity contribution in [3.63, 3.8) is 0 Å². The number of nitrogens with zero attached hydrogens (tertiary/aromatic N) is 2. The number of hydrogen-bond acceptors (Lipinski definition) is 3. The molecule has 2 unspecified atom stereocenters. The first-order chi connectivity index (χ1) is 8.81. The maximum absolute atomic E-state index is 4.85. The third-order valence-electron chi connectivity index (χ3n) is 4.10. The van der Waals surface area contributed by atoms with Crippen molar-refractivity contribution in [2.24, 2.45) is 5.92 Å². The van der Waals surface area contributed by atoms with E-state index < -0.39 is 0 Å². The summed E-state index contributed by atoms with van der Waals surface area (Å²) in [5.41, 5.74) is 1.22. The smallest absolute Gasteiger partial charge is 0.139 e. The molecule has 100 valence electrons. The maximum atomic E-state index is 4.85. The molecule has 2 atom stereocenters. The molecule has 3 heterocycles. The van der Waals surface area contributed by atoms with Crippen molar-refractivity contribution in [1.82, 2.24) is 15.1 Å². The molecule has 0 aromatic carbocycles. The van der Waals surface area contributed by atoms with E-state index >= 15 is 0 Å². The second-order valence-corrected chi connectivity index (χ2v) is 6.15. The minimum absolute atomic E-state index is 0.578. The molecule has 3 rings (SSSR count). The Morgan fingerprint density at radius 2 is 2.33 bits per heavy atom. The Bertz CT molecular complexity index is 429. The molecule has 0 aliphatic carbocycles. The normalized spacial score (nSPS) is 26.3. The van der Waals surface area contributed by atoms with Gasteiger partial charge in [-0.15, -0.1) is 0 Å². The van der Waals surface area contributed by atoms with Crippen LogP contribution in [0.1, 0.15) is 37.9 Å². The first kappa shape index (κ1) is 12.5. The van der Waals surface area contributed by atoms with E-state index in [1.54, 1.807) is 0 Å². The van der Waals surface area contributed by atoms with Crippen molar-refractivity contribution in [1.29, 1.82) is 0 Å². The molecule has 0 radical (unpaired) electrons. The Labute approximate surface area is 117 Å². The highest BCUT2D eigenvalue weighted by atomic mass is 79.9. The van der Waals surface area contributed by atoms with Gasteiger partial charge in [-0.2, -0.15) is 5.10 Å². The third kappa shape index (κ3) is 2.07. The number of piperidine rings is 1. The zero-order valence-electron chi connectivity index (χ0n) is 10.9. The summed E-state index contributed by atoms with van der Waals surface area (Å²) < 4.78 is 3.43. The number of aromatic nitrogens is 2. The summed E-state index contributed by atoms with van der Waals surface area (Å²) in [6.45, 7) is 5.52. The van der Waals surface area contributed by atoms with E-state index in [4.69, 9.17) is 5.10 Å². The van der Waals surface area contributed by atoms with Gasteiger partial charge in [-0.25, -0.2) is 4.68 Å². The van der Waals surface area contributed by atoms with Gasteiger partial charge in [-0.05, 0) is 41.7 Å². The van der Waals surface area contributed by atoms with Crippen LogP contribution in [-0.2, 0) is 6.42 Å². The highest BCUT2D eigenvalue weighted by Gasteiger charge is 2.34. The van der Waals surface area contributed by atoms with Gasteiger partial charge < -0.3 is 10.6 Å². The fourth-order valence-electron chi connectivity index (χ4n) is 3.03. The Kier molecular flexibility index (Phi) is 3.61. The number of aryl methyl sites for hydroxylation is 1. The van der Waals surface area contributed by atoms with Crippen molar-refractivity contribution in [3.05, 3.63) is 10.2 Å². The van der Waals surface area contributed by atoms with Gasteiger partial charge in [0, 0.05) is 19.0 Å². The molecular weight excluding hydrogens is 292 g/mol. The van der Waals surface area contributed by atoms with Gasteiger partial charge in [0.1, 0.15) is 5.82 Å². The predicted molar refractivity (Wildman–Crippen MR) is 77.0 cm³/mol. The quantitative estimate of drug-likeness (QED) is 0.901. The fraction of sp³-hybridized carbons (Fsp3) is 0.769. The van der Waals surface area contributed by atoms with Crippen molar-refractivity contribution < 1.29 is 0 Å². The lowest BCUT2D eigenvalue weighted by atomic mass is 9.92. The van der Waals surface area contributed by atoms with Crippen molar-refractivity contribution in [3.8, 4) is 0 Å². The summed E-state index contributed by atoms with van der Waals surface area (Å²) >= 11 is 3.72. The van der Waals surface area contributed by atoms with E-state index in [1.165, 1.54) is 35.2 Å². The van der Waals surface area contributed by atoms with Gasteiger partial charge in [0.15, 0.2) is 0 Å². The van der Waals surface area contributed by atoms with E-state index in [9.17, 15) is 0 Å². The van der Waals surface area contributed by atoms with Crippen LogP contribution in [0.25, 0.3) is 0 Å². The minimum atomic E-state index is 0.578. The minimum Gasteiger partial charge on any atom is -0.369 e. The number of nitrogens with one attached hydrogen (secondary N) is 2. The van der Waals surface area contributed by atoms with Crippen molar-refractivity contribution in [2.45, 2.75) is 38.6 Å². The van der Waals surface area contributed by atoms with Gasteiger partial charge in [0.2, 0.25) is 0 Å². The molecular formula is C13H21BrN4. The number of fused-ring (bicyclic) bond motifs is 3. The third-order valence-corrected chi connectivity index (χ3v) is 4.93. The molecule has 1 aromatic rings. The molecule has 5 heteroatoms. The van der Waals surface area contributed by atoms with Crippen LogP contribution in [0.15, 0.2) is 4.47 Å². The maximum Gasteiger partial charge on any atom is 0.139 e. The molecule has 2 N–H and O–H groups in total. The molecule has 0 amide bonds. The molecule has 1 aromatic heterocycles. The van der Waals surface area contributed by atoms with Crippen LogP contribution < -0.4 is 10.6 Å². The zero-order chi connectivity index (χ0) is 12.5. The second-order valence-electron chi connectivity index (χ2n) is 5.36. The number of halogens is 1. The van der Waals surface area contributed by atoms with E-state index in [0.29, 0.717) is 12.0 Å². The molecule has 4 nitrogen and oxygen atoms in total. The molecule has 0 spiro atoms. The Balaban J connectivity index is 1.89. The molecule has 18 heavy (non-hydrogen) atoms. The first-order valence-electron chi connectivity index (χ1n) is 7.02. The average molecular weight is 313 g/mol. The summed E-state index contributed by atoms with van der Waals surface area (Å²) in [5, 5.41) is 11.9. The summed E-state index contributed by atoms with van der Waals surface area (Å²) in [7, 11) is 0. The fourth-order valence-corrected chi connectivity index (χ4v) is 3.63. The van der Waals surface area contributed by atoms with Crippen LogP contribution in [0.2, 0.25) is 0 Å². The molecule has 2 aliphatic rings. The van der Waals surface area contributed by atoms with Crippen LogP contribution in [0.4, 0.5) is 5.82 Å². The van der Waals surface area contributed by atoms with Crippen molar-refractivity contribution >= 4 is 21.7 Å². The summed E-state index contributed by atoms with van der Waals surface area (Å²) in [6, 6.07) is 0.578. The molecule has 0 saturated carbocycles. The van der Waals surface area contributed by atoms with E-state index in [-0.39, 0.29) is 0 Å². The van der Waals surface area contributed by atoms with E-state index in [0.717, 1.165) is 26.1 Å². The molecule has 2 aliphatic heterocycles. The molecule has 1 fully saturated rings. The number of rotatable bonds is 3. The van der Waals surface area contributed by atoms with Crippen LogP contribution in [0.5, 0.6) is 0 Å². The number of anilines is 1. The van der Waals surface area contributed by atoms with Crippen LogP contribution in [-0.4, -0.2) is 29.4 Å². The SMILES string of the molecule is CCCCc1nn2c(c1Br)NCC1CNCCC12. The van der Waals surface area contributed by atoms with E-state index in [1.807, 2.05) is 0 Å². The van der Waals surface area contributed by atoms with Crippen LogP contribution in [0.3, 0.4) is 0 Å². The number of unbranched alkanes of at least 4 members (excludes halogenated alkanes) is 1. The lowest BCUT2D eigenvalue weighted by Gasteiger charge is -2.37. The molecule has 1 saturated heterocycles. The van der Waals surface area contributed by atoms with Gasteiger partial charge in [0.05, 0.1) is 16.2 Å². The summed E-state index contributed by atoms with van der Waals surface area (Å²) in [6.07, 6.45) is 4.71. The van der Waals surface area contributed by atoms with Gasteiger partial charge in [0.25, 0.3) is 0 Å². The Morgan fingerprint density at radius 1 is 1.44 bits per heavy atom. The van der Waals surface area contributed by atoms with Crippen LogP contribution >= 0.6 is 15.9 Å². The second kappa shape index (κ2) is 5.21. The Hall–Kier alpha value is -0.550.